The minimum Gasteiger partial charge on any atom is -0.496 e. The molecular formula is C15H22N2O3. The Morgan fingerprint density at radius 1 is 1.10 bits per heavy atom. The molecule has 1 atom stereocenters. The van der Waals surface area contributed by atoms with Crippen LogP contribution < -0.4 is 19.5 Å². The van der Waals surface area contributed by atoms with Gasteiger partial charge in [-0.05, 0) is 12.5 Å². The summed E-state index contributed by atoms with van der Waals surface area (Å²) in [6, 6.07) is 6.06. The second kappa shape index (κ2) is 8.28. The Kier molecular flexibility index (Phi) is 6.68. The average molecular weight is 278 g/mol. The summed E-state index contributed by atoms with van der Waals surface area (Å²) in [5.41, 5.74) is 0.974. The van der Waals surface area contributed by atoms with Gasteiger partial charge in [0.1, 0.15) is 5.75 Å². The van der Waals surface area contributed by atoms with E-state index in [1.807, 2.05) is 6.07 Å². The summed E-state index contributed by atoms with van der Waals surface area (Å²) >= 11 is 0. The molecule has 0 saturated carbocycles. The molecule has 1 unspecified atom stereocenters. The predicted molar refractivity (Wildman–Crippen MR) is 77.2 cm³/mol. The van der Waals surface area contributed by atoms with Crippen molar-refractivity contribution in [2.45, 2.75) is 32.4 Å². The Labute approximate surface area is 120 Å². The van der Waals surface area contributed by atoms with Crippen molar-refractivity contribution in [3.63, 3.8) is 0 Å². The van der Waals surface area contributed by atoms with E-state index < -0.39 is 0 Å². The van der Waals surface area contributed by atoms with E-state index in [0.717, 1.165) is 17.7 Å². The minimum absolute atomic E-state index is 0.179. The molecule has 0 aliphatic carbocycles. The number of hydrogen-bond acceptors (Lipinski definition) is 5. The number of nitrogens with zero attached hydrogens (tertiary/aromatic N) is 1. The second-order valence-electron chi connectivity index (χ2n) is 4.37. The van der Waals surface area contributed by atoms with Gasteiger partial charge in [0.25, 0.3) is 0 Å². The highest BCUT2D eigenvalue weighted by Crippen LogP contribution is 2.34. The summed E-state index contributed by atoms with van der Waals surface area (Å²) in [5, 5.41) is 12.1. The van der Waals surface area contributed by atoms with Crippen LogP contribution in [-0.2, 0) is 6.54 Å². The van der Waals surface area contributed by atoms with Gasteiger partial charge in [-0.2, -0.15) is 5.26 Å². The lowest BCUT2D eigenvalue weighted by atomic mass is 10.1. The van der Waals surface area contributed by atoms with Gasteiger partial charge in [0.15, 0.2) is 11.5 Å². The number of benzene rings is 1. The molecule has 110 valence electrons. The molecule has 1 aromatic rings. The van der Waals surface area contributed by atoms with Gasteiger partial charge >= 0.3 is 0 Å². The van der Waals surface area contributed by atoms with Crippen molar-refractivity contribution >= 4 is 0 Å². The van der Waals surface area contributed by atoms with Crippen LogP contribution in [0.2, 0.25) is 0 Å². The summed E-state index contributed by atoms with van der Waals surface area (Å²) in [7, 11) is 4.82. The third-order valence-electron chi connectivity index (χ3n) is 3.20. The van der Waals surface area contributed by atoms with Gasteiger partial charge in [-0.15, -0.1) is 0 Å². The predicted octanol–water partition coefficient (Wildman–Crippen LogP) is 2.49. The van der Waals surface area contributed by atoms with Crippen molar-refractivity contribution in [2.75, 3.05) is 21.3 Å². The molecule has 0 aliphatic heterocycles. The highest BCUT2D eigenvalue weighted by atomic mass is 16.5. The minimum atomic E-state index is 0.179. The number of hydrogen-bond donors (Lipinski definition) is 1. The zero-order valence-electron chi connectivity index (χ0n) is 12.5. The molecule has 0 aromatic heterocycles. The molecule has 1 rings (SSSR count). The van der Waals surface area contributed by atoms with Crippen molar-refractivity contribution in [1.82, 2.24) is 5.32 Å². The maximum Gasteiger partial charge on any atom is 0.164 e. The van der Waals surface area contributed by atoms with E-state index in [1.54, 1.807) is 27.4 Å². The van der Waals surface area contributed by atoms with E-state index in [2.05, 4.69) is 18.3 Å². The Morgan fingerprint density at radius 3 is 2.20 bits per heavy atom. The molecule has 0 saturated heterocycles. The maximum atomic E-state index is 8.76. The molecule has 0 radical (unpaired) electrons. The lowest BCUT2D eigenvalue weighted by molar-refractivity contribution is 0.346. The van der Waals surface area contributed by atoms with Crippen LogP contribution in [0.3, 0.4) is 0 Å². The van der Waals surface area contributed by atoms with Crippen molar-refractivity contribution in [3.05, 3.63) is 17.7 Å². The number of ether oxygens (including phenoxy) is 3. The monoisotopic (exact) mass is 278 g/mol. The number of nitriles is 1. The Bertz CT molecular complexity index is 469. The Hall–Kier alpha value is -1.93. The smallest absolute Gasteiger partial charge is 0.164 e. The highest BCUT2D eigenvalue weighted by molar-refractivity contribution is 5.50. The first-order valence-corrected chi connectivity index (χ1v) is 6.59. The van der Waals surface area contributed by atoms with Crippen molar-refractivity contribution < 1.29 is 14.2 Å². The van der Waals surface area contributed by atoms with Crippen molar-refractivity contribution in [1.29, 1.82) is 5.26 Å². The van der Waals surface area contributed by atoms with Gasteiger partial charge in [-0.25, -0.2) is 0 Å². The van der Waals surface area contributed by atoms with Crippen LogP contribution in [0.4, 0.5) is 0 Å². The van der Waals surface area contributed by atoms with Crippen LogP contribution >= 0.6 is 0 Å². The lowest BCUT2D eigenvalue weighted by Crippen LogP contribution is -2.27. The van der Waals surface area contributed by atoms with E-state index in [1.165, 1.54) is 0 Å². The molecule has 20 heavy (non-hydrogen) atoms. The highest BCUT2D eigenvalue weighted by Gasteiger charge is 2.13. The quantitative estimate of drug-likeness (QED) is 0.791. The topological polar surface area (TPSA) is 63.5 Å². The molecule has 0 spiro atoms. The molecule has 1 aromatic carbocycles. The Morgan fingerprint density at radius 2 is 1.70 bits per heavy atom. The summed E-state index contributed by atoms with van der Waals surface area (Å²) in [4.78, 5) is 0. The first-order chi connectivity index (χ1) is 9.69. The maximum absolute atomic E-state index is 8.76. The SMILES string of the molecule is CCC(CC#N)NCc1cc(OC)c(OC)cc1OC. The zero-order valence-corrected chi connectivity index (χ0v) is 12.5. The molecular weight excluding hydrogens is 256 g/mol. The van der Waals surface area contributed by atoms with Gasteiger partial charge in [0.05, 0.1) is 33.8 Å². The summed E-state index contributed by atoms with van der Waals surface area (Å²) < 4.78 is 15.9. The average Bonchev–Trinajstić information content (AvgIpc) is 2.50. The van der Waals surface area contributed by atoms with Crippen LogP contribution in [-0.4, -0.2) is 27.4 Å². The van der Waals surface area contributed by atoms with Gasteiger partial charge in [0.2, 0.25) is 0 Å². The first kappa shape index (κ1) is 16.1. The van der Waals surface area contributed by atoms with Crippen LogP contribution in [0, 0.1) is 11.3 Å². The van der Waals surface area contributed by atoms with E-state index in [4.69, 9.17) is 19.5 Å². The third kappa shape index (κ3) is 4.04. The fourth-order valence-electron chi connectivity index (χ4n) is 1.96. The molecule has 5 heteroatoms. The summed E-state index contributed by atoms with van der Waals surface area (Å²) in [6.07, 6.45) is 1.40. The van der Waals surface area contributed by atoms with Gasteiger partial charge in [0, 0.05) is 24.2 Å². The van der Waals surface area contributed by atoms with Gasteiger partial charge in [-0.3, -0.25) is 0 Å². The van der Waals surface area contributed by atoms with Crippen molar-refractivity contribution in [2.24, 2.45) is 0 Å². The standard InChI is InChI=1S/C15H22N2O3/c1-5-12(6-7-16)17-10-11-8-14(19-3)15(20-4)9-13(11)18-2/h8-9,12,17H,5-6,10H2,1-4H3. The van der Waals surface area contributed by atoms with Crippen molar-refractivity contribution in [3.8, 4) is 23.3 Å². The second-order valence-corrected chi connectivity index (χ2v) is 4.37. The van der Waals surface area contributed by atoms with Gasteiger partial charge in [-0.1, -0.05) is 6.92 Å². The fraction of sp³-hybridized carbons (Fsp3) is 0.533. The van der Waals surface area contributed by atoms with E-state index >= 15 is 0 Å². The molecule has 5 nitrogen and oxygen atoms in total. The Balaban J connectivity index is 2.90. The fourth-order valence-corrected chi connectivity index (χ4v) is 1.96. The molecule has 0 aliphatic rings. The van der Waals surface area contributed by atoms with Crippen LogP contribution in [0.5, 0.6) is 17.2 Å². The molecule has 0 bridgehead atoms. The van der Waals surface area contributed by atoms with Crippen LogP contribution in [0.15, 0.2) is 12.1 Å². The largest absolute Gasteiger partial charge is 0.496 e. The summed E-state index contributed by atoms with van der Waals surface area (Å²) in [6.45, 7) is 2.67. The molecule has 0 fully saturated rings. The molecule has 1 N–H and O–H groups in total. The number of nitrogens with one attached hydrogen (secondary N) is 1. The molecule has 0 amide bonds. The normalized spacial score (nSPS) is 11.6. The van der Waals surface area contributed by atoms with Crippen LogP contribution in [0.1, 0.15) is 25.3 Å². The third-order valence-corrected chi connectivity index (χ3v) is 3.20. The van der Waals surface area contributed by atoms with E-state index in [0.29, 0.717) is 24.5 Å². The molecule has 0 heterocycles. The number of methoxy groups -OCH3 is 3. The lowest BCUT2D eigenvalue weighted by Gasteiger charge is -2.17. The van der Waals surface area contributed by atoms with E-state index in [-0.39, 0.29) is 6.04 Å². The number of rotatable bonds is 8. The first-order valence-electron chi connectivity index (χ1n) is 6.59. The van der Waals surface area contributed by atoms with Gasteiger partial charge < -0.3 is 19.5 Å². The zero-order chi connectivity index (χ0) is 15.0. The van der Waals surface area contributed by atoms with Crippen LogP contribution in [0.25, 0.3) is 0 Å². The van der Waals surface area contributed by atoms with E-state index in [9.17, 15) is 0 Å². The summed E-state index contributed by atoms with van der Waals surface area (Å²) in [5.74, 6) is 2.04.